The zero-order chi connectivity index (χ0) is 24.1. The number of nitrogens with one attached hydrogen (secondary N) is 2. The van der Waals surface area contributed by atoms with Gasteiger partial charge in [0.1, 0.15) is 23.6 Å². The number of urea groups is 1. The number of nitriles is 1. The maximum atomic E-state index is 12.6. The molecule has 176 valence electrons. The Labute approximate surface area is 184 Å². The van der Waals surface area contributed by atoms with Crippen molar-refractivity contribution in [1.29, 1.82) is 5.26 Å². The first-order valence-corrected chi connectivity index (χ1v) is 10.4. The van der Waals surface area contributed by atoms with Crippen molar-refractivity contribution in [3.8, 4) is 17.6 Å². The van der Waals surface area contributed by atoms with E-state index in [4.69, 9.17) is 10.00 Å². The summed E-state index contributed by atoms with van der Waals surface area (Å²) in [6, 6.07) is 4.41. The molecule has 0 aliphatic carbocycles. The predicted octanol–water partition coefficient (Wildman–Crippen LogP) is 3.66. The Bertz CT molecular complexity index is 879. The molecule has 8 nitrogen and oxygen atoms in total. The van der Waals surface area contributed by atoms with Crippen LogP contribution in [0.1, 0.15) is 52.5 Å². The van der Waals surface area contributed by atoms with Crippen LogP contribution in [0.2, 0.25) is 0 Å². The fraction of sp³-hybridized carbons (Fsp3) is 0.571. The van der Waals surface area contributed by atoms with Gasteiger partial charge in [0.25, 0.3) is 5.91 Å². The van der Waals surface area contributed by atoms with Crippen LogP contribution < -0.4 is 20.1 Å². The van der Waals surface area contributed by atoms with Gasteiger partial charge in [0, 0.05) is 19.0 Å². The molecule has 2 saturated heterocycles. The fourth-order valence-corrected chi connectivity index (χ4v) is 3.46. The van der Waals surface area contributed by atoms with Gasteiger partial charge in [-0.2, -0.15) is 5.26 Å². The Kier molecular flexibility index (Phi) is 7.96. The topological polar surface area (TPSA) is 104 Å². The normalized spacial score (nSPS) is 25.4. The third-order valence-corrected chi connectivity index (χ3v) is 5.29. The minimum absolute atomic E-state index is 0.0951. The summed E-state index contributed by atoms with van der Waals surface area (Å²) < 4.78 is 47.1. The largest absolute Gasteiger partial charge is 0.573 e. The van der Waals surface area contributed by atoms with E-state index in [0.29, 0.717) is 19.3 Å². The highest BCUT2D eigenvalue weighted by Crippen LogP contribution is 2.31. The minimum Gasteiger partial charge on any atom is -0.475 e. The maximum Gasteiger partial charge on any atom is 0.573 e. The van der Waals surface area contributed by atoms with Gasteiger partial charge in [-0.3, -0.25) is 15.0 Å². The number of carbonyl (C=O) groups is 2. The molecule has 2 N–H and O–H groups in total. The van der Waals surface area contributed by atoms with E-state index in [1.165, 1.54) is 17.0 Å². The van der Waals surface area contributed by atoms with Crippen LogP contribution in [0.5, 0.6) is 11.5 Å². The van der Waals surface area contributed by atoms with Crippen molar-refractivity contribution in [2.24, 2.45) is 0 Å². The number of halogens is 3. The second kappa shape index (κ2) is 10.1. The van der Waals surface area contributed by atoms with Crippen LogP contribution in [0.25, 0.3) is 0 Å². The molecule has 3 rings (SSSR count). The van der Waals surface area contributed by atoms with E-state index in [1.807, 2.05) is 20.8 Å². The molecule has 1 aromatic rings. The molecule has 2 fully saturated rings. The van der Waals surface area contributed by atoms with Crippen molar-refractivity contribution in [2.45, 2.75) is 71.1 Å². The van der Waals surface area contributed by atoms with E-state index in [1.54, 1.807) is 13.0 Å². The van der Waals surface area contributed by atoms with Crippen molar-refractivity contribution in [1.82, 2.24) is 15.5 Å². The summed E-state index contributed by atoms with van der Waals surface area (Å²) in [6.07, 6.45) is -4.11. The number of ether oxygens (including phenoxy) is 2. The smallest absolute Gasteiger partial charge is 0.475 e. The van der Waals surface area contributed by atoms with Crippen LogP contribution in [-0.2, 0) is 4.79 Å². The molecular formula is C21H27F3N4O4. The predicted molar refractivity (Wildman–Crippen MR) is 109 cm³/mol. The lowest BCUT2D eigenvalue weighted by atomic mass is 9.97. The molecule has 0 saturated carbocycles. The summed E-state index contributed by atoms with van der Waals surface area (Å²) in [7, 11) is 0. The maximum absolute atomic E-state index is 12.6. The highest BCUT2D eigenvalue weighted by molar-refractivity contribution is 6.07. The molecule has 2 aliphatic heterocycles. The number of carbonyl (C=O) groups excluding carboxylic acids is 2. The quantitative estimate of drug-likeness (QED) is 0.656. The van der Waals surface area contributed by atoms with Gasteiger partial charge in [-0.15, -0.1) is 13.2 Å². The minimum atomic E-state index is -4.93. The molecule has 0 bridgehead atoms. The van der Waals surface area contributed by atoms with Crippen LogP contribution in [-0.4, -0.2) is 47.6 Å². The molecule has 32 heavy (non-hydrogen) atoms. The van der Waals surface area contributed by atoms with Crippen molar-refractivity contribution >= 4 is 11.9 Å². The van der Waals surface area contributed by atoms with Gasteiger partial charge in [-0.1, -0.05) is 20.8 Å². The van der Waals surface area contributed by atoms with Crippen molar-refractivity contribution < 1.29 is 32.2 Å². The zero-order valence-corrected chi connectivity index (χ0v) is 18.4. The first-order valence-electron chi connectivity index (χ1n) is 10.4. The van der Waals surface area contributed by atoms with Crippen molar-refractivity contribution in [3.63, 3.8) is 0 Å². The number of imide groups is 1. The Morgan fingerprint density at radius 2 is 1.97 bits per heavy atom. The van der Waals surface area contributed by atoms with Gasteiger partial charge in [0.05, 0.1) is 11.6 Å². The van der Waals surface area contributed by atoms with Crippen LogP contribution in [0.15, 0.2) is 18.2 Å². The average molecular weight is 456 g/mol. The number of hydrogen-bond donors (Lipinski definition) is 2. The van der Waals surface area contributed by atoms with E-state index in [-0.39, 0.29) is 29.8 Å². The molecule has 2 unspecified atom stereocenters. The summed E-state index contributed by atoms with van der Waals surface area (Å²) in [4.78, 5) is 26.1. The molecular weight excluding hydrogens is 429 g/mol. The average Bonchev–Trinajstić information content (AvgIpc) is 2.98. The summed E-state index contributed by atoms with van der Waals surface area (Å²) in [5.41, 5.74) is -1.18. The molecule has 0 aromatic heterocycles. The van der Waals surface area contributed by atoms with Gasteiger partial charge in [0.15, 0.2) is 5.75 Å². The van der Waals surface area contributed by atoms with Crippen LogP contribution >= 0.6 is 0 Å². The van der Waals surface area contributed by atoms with E-state index in [2.05, 4.69) is 15.4 Å². The van der Waals surface area contributed by atoms with Crippen LogP contribution in [0.3, 0.4) is 0 Å². The molecule has 1 aromatic carbocycles. The summed E-state index contributed by atoms with van der Waals surface area (Å²) in [5.74, 6) is -0.825. The highest BCUT2D eigenvalue weighted by atomic mass is 19.4. The summed E-state index contributed by atoms with van der Waals surface area (Å²) in [6.45, 7) is 7.78. The second-order valence-corrected chi connectivity index (χ2v) is 7.35. The van der Waals surface area contributed by atoms with Gasteiger partial charge in [-0.25, -0.2) is 4.79 Å². The SMILES string of the molecule is CC.CC[C@@]1(C)NC(=O)N(C2CCC(Oc3ccc(C#N)c(OC(F)(F)F)c3)NC2)C1=O. The number of hydrogen-bond acceptors (Lipinski definition) is 6. The van der Waals surface area contributed by atoms with E-state index in [9.17, 15) is 22.8 Å². The highest BCUT2D eigenvalue weighted by Gasteiger charge is 2.49. The van der Waals surface area contributed by atoms with Gasteiger partial charge in [0.2, 0.25) is 0 Å². The van der Waals surface area contributed by atoms with E-state index >= 15 is 0 Å². The number of piperidine rings is 1. The first-order chi connectivity index (χ1) is 15.1. The van der Waals surface area contributed by atoms with Gasteiger partial charge >= 0.3 is 12.4 Å². The molecule has 3 amide bonds. The van der Waals surface area contributed by atoms with Crippen LogP contribution in [0, 0.1) is 11.3 Å². The Morgan fingerprint density at radius 3 is 2.47 bits per heavy atom. The van der Waals surface area contributed by atoms with E-state index < -0.39 is 29.9 Å². The molecule has 2 aliphatic rings. The fourth-order valence-electron chi connectivity index (χ4n) is 3.46. The molecule has 2 heterocycles. The van der Waals surface area contributed by atoms with Gasteiger partial charge in [-0.05, 0) is 31.9 Å². The third kappa shape index (κ3) is 5.62. The number of benzene rings is 1. The van der Waals surface area contributed by atoms with Crippen molar-refractivity contribution in [2.75, 3.05) is 6.54 Å². The van der Waals surface area contributed by atoms with Crippen molar-refractivity contribution in [3.05, 3.63) is 23.8 Å². The lowest BCUT2D eigenvalue weighted by molar-refractivity contribution is -0.274. The molecule has 0 radical (unpaired) electrons. The number of nitrogens with zero attached hydrogens (tertiary/aromatic N) is 2. The Hall–Kier alpha value is -3.00. The first kappa shape index (κ1) is 25.3. The monoisotopic (exact) mass is 456 g/mol. The Morgan fingerprint density at radius 1 is 1.28 bits per heavy atom. The lowest BCUT2D eigenvalue weighted by Crippen LogP contribution is -2.54. The summed E-state index contributed by atoms with van der Waals surface area (Å²) in [5, 5.41) is 14.7. The molecule has 3 atom stereocenters. The second-order valence-electron chi connectivity index (χ2n) is 7.35. The van der Waals surface area contributed by atoms with Crippen LogP contribution in [0.4, 0.5) is 18.0 Å². The Balaban J connectivity index is 0.00000176. The van der Waals surface area contributed by atoms with Gasteiger partial charge < -0.3 is 14.8 Å². The lowest BCUT2D eigenvalue weighted by Gasteiger charge is -2.34. The molecule has 11 heteroatoms. The third-order valence-electron chi connectivity index (χ3n) is 5.29. The number of rotatable bonds is 5. The number of amides is 3. The zero-order valence-electron chi connectivity index (χ0n) is 18.4. The summed E-state index contributed by atoms with van der Waals surface area (Å²) >= 11 is 0. The number of alkyl halides is 3. The molecule has 0 spiro atoms. The van der Waals surface area contributed by atoms with E-state index in [0.717, 1.165) is 6.07 Å². The standard InChI is InChI=1S/C19H21F3N4O4.C2H6/c1-3-18(2)16(27)26(17(28)25-18)12-5-7-15(24-10-12)29-13-6-4-11(9-23)14(8-13)30-19(20,21)22;1-2/h4,6,8,12,15,24H,3,5,7,10H2,1-2H3,(H,25,28);1-2H3/t12?,15?,18-;/m1./s1.